The van der Waals surface area contributed by atoms with E-state index in [1.807, 2.05) is 60.7 Å². The van der Waals surface area contributed by atoms with Gasteiger partial charge in [0.2, 0.25) is 0 Å². The zero-order valence-electron chi connectivity index (χ0n) is 14.4. The lowest BCUT2D eigenvalue weighted by atomic mass is 9.99. The van der Waals surface area contributed by atoms with Crippen molar-refractivity contribution < 1.29 is 19.1 Å². The lowest BCUT2D eigenvalue weighted by Crippen LogP contribution is -2.37. The van der Waals surface area contributed by atoms with E-state index < -0.39 is 18.5 Å². The summed E-state index contributed by atoms with van der Waals surface area (Å²) in [7, 11) is 0. The number of amides is 1. The van der Waals surface area contributed by atoms with Crippen LogP contribution in [-0.4, -0.2) is 18.5 Å². The molecule has 3 rings (SSSR count). The van der Waals surface area contributed by atoms with Crippen LogP contribution in [0.25, 0.3) is 0 Å². The number of benzene rings is 2. The number of hydrogen-bond acceptors (Lipinski definition) is 4. The van der Waals surface area contributed by atoms with Crippen LogP contribution in [0.5, 0.6) is 0 Å². The van der Waals surface area contributed by atoms with Gasteiger partial charge in [-0.2, -0.15) is 4.73 Å². The molecule has 6 heteroatoms. The minimum Gasteiger partial charge on any atom is -0.618 e. The first-order valence-corrected chi connectivity index (χ1v) is 8.40. The summed E-state index contributed by atoms with van der Waals surface area (Å²) in [4.78, 5) is 24.3. The standard InChI is InChI=1S/C21H18N2O4/c24-19(15-27-21(25)18-13-7-8-14-23(18)26)22-20(16-9-3-1-4-10-16)17-11-5-2-6-12-17/h1-14,20H,15H2,(H,22,24). The largest absolute Gasteiger partial charge is 0.618 e. The summed E-state index contributed by atoms with van der Waals surface area (Å²) in [6.45, 7) is -0.482. The van der Waals surface area contributed by atoms with E-state index in [2.05, 4.69) is 5.32 Å². The van der Waals surface area contributed by atoms with Crippen LogP contribution in [-0.2, 0) is 9.53 Å². The van der Waals surface area contributed by atoms with Gasteiger partial charge in [-0.25, -0.2) is 4.79 Å². The van der Waals surface area contributed by atoms with Crippen molar-refractivity contribution in [2.75, 3.05) is 6.61 Å². The van der Waals surface area contributed by atoms with Gasteiger partial charge >= 0.3 is 11.7 Å². The van der Waals surface area contributed by atoms with Crippen LogP contribution in [0.15, 0.2) is 85.1 Å². The molecule has 0 aliphatic carbocycles. The summed E-state index contributed by atoms with van der Waals surface area (Å²) in [5, 5.41) is 14.4. The Bertz CT molecular complexity index is 874. The molecule has 1 heterocycles. The van der Waals surface area contributed by atoms with E-state index >= 15 is 0 Å². The molecule has 1 amide bonds. The molecule has 0 saturated carbocycles. The van der Waals surface area contributed by atoms with Gasteiger partial charge in [0.1, 0.15) is 0 Å². The number of carbonyl (C=O) groups excluding carboxylic acids is 2. The molecule has 3 aromatic rings. The molecule has 0 fully saturated rings. The number of rotatable bonds is 6. The summed E-state index contributed by atoms with van der Waals surface area (Å²) >= 11 is 0. The first-order valence-electron chi connectivity index (χ1n) is 8.40. The highest BCUT2D eigenvalue weighted by Crippen LogP contribution is 2.21. The third-order valence-electron chi connectivity index (χ3n) is 3.94. The van der Waals surface area contributed by atoms with Crippen molar-refractivity contribution in [2.45, 2.75) is 6.04 Å². The predicted octanol–water partition coefficient (Wildman–Crippen LogP) is 2.38. The third-order valence-corrected chi connectivity index (χ3v) is 3.94. The maximum atomic E-state index is 12.3. The smallest absolute Gasteiger partial charge is 0.405 e. The Kier molecular flexibility index (Phi) is 5.79. The van der Waals surface area contributed by atoms with Crippen molar-refractivity contribution in [1.82, 2.24) is 5.32 Å². The van der Waals surface area contributed by atoms with Crippen LogP contribution in [0, 0.1) is 5.21 Å². The topological polar surface area (TPSA) is 82.3 Å². The van der Waals surface area contributed by atoms with Gasteiger partial charge in [-0.15, -0.1) is 0 Å². The summed E-state index contributed by atoms with van der Waals surface area (Å²) in [6, 6.07) is 23.0. The summed E-state index contributed by atoms with van der Waals surface area (Å²) in [5.41, 5.74) is 1.64. The number of pyridine rings is 1. The van der Waals surface area contributed by atoms with E-state index in [9.17, 15) is 14.8 Å². The molecule has 2 aromatic carbocycles. The third kappa shape index (κ3) is 4.70. The Morgan fingerprint density at radius 3 is 2.00 bits per heavy atom. The molecule has 0 radical (unpaired) electrons. The molecule has 0 unspecified atom stereocenters. The van der Waals surface area contributed by atoms with Crippen LogP contribution >= 0.6 is 0 Å². The van der Waals surface area contributed by atoms with Crippen LogP contribution in [0.3, 0.4) is 0 Å². The average molecular weight is 362 g/mol. The quantitative estimate of drug-likeness (QED) is 0.415. The molecular formula is C21H18N2O4. The summed E-state index contributed by atoms with van der Waals surface area (Å²) in [6.07, 6.45) is 1.19. The molecule has 1 N–H and O–H groups in total. The highest BCUT2D eigenvalue weighted by Gasteiger charge is 2.20. The molecule has 0 atom stereocenters. The zero-order valence-corrected chi connectivity index (χ0v) is 14.4. The molecule has 1 aromatic heterocycles. The minimum atomic E-state index is -0.850. The Balaban J connectivity index is 1.68. The number of carbonyl (C=O) groups is 2. The van der Waals surface area contributed by atoms with Crippen LogP contribution in [0.2, 0.25) is 0 Å². The van der Waals surface area contributed by atoms with Crippen LogP contribution < -0.4 is 10.0 Å². The van der Waals surface area contributed by atoms with Gasteiger partial charge < -0.3 is 15.3 Å². The number of ether oxygens (including phenoxy) is 1. The molecule has 136 valence electrons. The van der Waals surface area contributed by atoms with Crippen molar-refractivity contribution in [2.24, 2.45) is 0 Å². The highest BCUT2D eigenvalue weighted by molar-refractivity contribution is 5.88. The van der Waals surface area contributed by atoms with Crippen molar-refractivity contribution in [1.29, 1.82) is 0 Å². The molecule has 27 heavy (non-hydrogen) atoms. The van der Waals surface area contributed by atoms with Crippen molar-refractivity contribution >= 4 is 11.9 Å². The first-order chi connectivity index (χ1) is 13.1. The fraction of sp³-hybridized carbons (Fsp3) is 0.0952. The maximum Gasteiger partial charge on any atom is 0.405 e. The molecule has 0 saturated heterocycles. The number of aromatic nitrogens is 1. The molecular weight excluding hydrogens is 344 g/mol. The Hall–Kier alpha value is -3.67. The van der Waals surface area contributed by atoms with E-state index in [-0.39, 0.29) is 11.7 Å². The monoisotopic (exact) mass is 362 g/mol. The van der Waals surface area contributed by atoms with Crippen molar-refractivity contribution in [3.8, 4) is 0 Å². The number of nitrogens with zero attached hydrogens (tertiary/aromatic N) is 1. The number of nitrogens with one attached hydrogen (secondary N) is 1. The highest BCUT2D eigenvalue weighted by atomic mass is 16.5. The van der Waals surface area contributed by atoms with E-state index in [0.29, 0.717) is 4.73 Å². The Morgan fingerprint density at radius 2 is 1.44 bits per heavy atom. The SMILES string of the molecule is O=C(COC(=O)c1cccc[n+]1[O-])NC(c1ccccc1)c1ccccc1. The van der Waals surface area contributed by atoms with E-state index in [1.54, 1.807) is 6.07 Å². The van der Waals surface area contributed by atoms with Crippen LogP contribution in [0.4, 0.5) is 0 Å². The van der Waals surface area contributed by atoms with Gasteiger partial charge in [0.15, 0.2) is 12.8 Å². The summed E-state index contributed by atoms with van der Waals surface area (Å²) in [5.74, 6) is -1.31. The van der Waals surface area contributed by atoms with Gasteiger partial charge in [-0.1, -0.05) is 60.7 Å². The van der Waals surface area contributed by atoms with Gasteiger partial charge in [0.25, 0.3) is 5.91 Å². The molecule has 6 nitrogen and oxygen atoms in total. The van der Waals surface area contributed by atoms with Crippen molar-refractivity contribution in [3.05, 3.63) is 107 Å². The fourth-order valence-corrected chi connectivity index (χ4v) is 2.64. The van der Waals surface area contributed by atoms with E-state index in [0.717, 1.165) is 11.1 Å². The van der Waals surface area contributed by atoms with Gasteiger partial charge in [-0.05, 0) is 17.2 Å². The first kappa shape index (κ1) is 18.1. The molecule has 0 aliphatic heterocycles. The van der Waals surface area contributed by atoms with E-state index in [1.165, 1.54) is 18.3 Å². The molecule has 0 spiro atoms. The lowest BCUT2D eigenvalue weighted by Gasteiger charge is -2.19. The number of esters is 1. The van der Waals surface area contributed by atoms with Gasteiger partial charge in [-0.3, -0.25) is 4.79 Å². The van der Waals surface area contributed by atoms with Gasteiger partial charge in [0, 0.05) is 12.1 Å². The number of hydrogen-bond donors (Lipinski definition) is 1. The lowest BCUT2D eigenvalue weighted by molar-refractivity contribution is -0.608. The Morgan fingerprint density at radius 1 is 0.889 bits per heavy atom. The molecule has 0 bridgehead atoms. The van der Waals surface area contributed by atoms with E-state index in [4.69, 9.17) is 4.74 Å². The zero-order chi connectivity index (χ0) is 19.1. The Labute approximate surface area is 156 Å². The second kappa shape index (κ2) is 8.62. The fourth-order valence-electron chi connectivity index (χ4n) is 2.64. The normalized spacial score (nSPS) is 10.4. The summed E-state index contributed by atoms with van der Waals surface area (Å²) < 4.78 is 5.37. The second-order valence-electron chi connectivity index (χ2n) is 5.81. The van der Waals surface area contributed by atoms with Crippen LogP contribution in [0.1, 0.15) is 27.7 Å². The average Bonchev–Trinajstić information content (AvgIpc) is 2.72. The predicted molar refractivity (Wildman–Crippen MR) is 98.6 cm³/mol. The second-order valence-corrected chi connectivity index (χ2v) is 5.81. The van der Waals surface area contributed by atoms with Crippen molar-refractivity contribution in [3.63, 3.8) is 0 Å². The van der Waals surface area contributed by atoms with Gasteiger partial charge in [0.05, 0.1) is 6.04 Å². The maximum absolute atomic E-state index is 12.3. The minimum absolute atomic E-state index is 0.173. The molecule has 0 aliphatic rings.